The molecule has 0 aliphatic carbocycles. The van der Waals surface area contributed by atoms with Crippen molar-refractivity contribution in [2.24, 2.45) is 0 Å². The van der Waals surface area contributed by atoms with Crippen molar-refractivity contribution in [1.29, 1.82) is 0 Å². The molecule has 11 nitrogen and oxygen atoms in total. The molecular weight excluding hydrogens is 825 g/mol. The second kappa shape index (κ2) is 23.9. The maximum atomic E-state index is 13.4. The van der Waals surface area contributed by atoms with Gasteiger partial charge in [-0.15, -0.1) is 0 Å². The molecular formula is C52H70N2O9Si. The lowest BCUT2D eigenvalue weighted by molar-refractivity contribution is -0.121. The number of nitrogens with zero attached hydrogens (tertiary/aromatic N) is 2. The van der Waals surface area contributed by atoms with Crippen LogP contribution >= 0.6 is 0 Å². The topological polar surface area (TPSA) is 105 Å². The summed E-state index contributed by atoms with van der Waals surface area (Å²) in [6, 6.07) is 31.7. The Bertz CT molecular complexity index is 2040. The third-order valence-corrected chi connectivity index (χ3v) is 18.9. The van der Waals surface area contributed by atoms with E-state index in [1.807, 2.05) is 89.8 Å². The number of ether oxygens (including phenoxy) is 6. The number of likely N-dealkylation sites (tertiary alicyclic amines) is 1. The van der Waals surface area contributed by atoms with Crippen molar-refractivity contribution in [2.75, 3.05) is 58.1 Å². The zero-order valence-electron chi connectivity index (χ0n) is 39.1. The number of methoxy groups -OCH3 is 1. The van der Waals surface area contributed by atoms with Crippen molar-refractivity contribution in [2.45, 2.75) is 116 Å². The molecule has 0 N–H and O–H groups in total. The molecule has 64 heavy (non-hydrogen) atoms. The van der Waals surface area contributed by atoms with Gasteiger partial charge in [-0.3, -0.25) is 4.79 Å². The van der Waals surface area contributed by atoms with Crippen LogP contribution in [0, 0.1) is 0 Å². The van der Waals surface area contributed by atoms with Gasteiger partial charge in [-0.1, -0.05) is 108 Å². The number of unbranched alkanes of at least 4 members (excludes halogenated alkanes) is 1. The van der Waals surface area contributed by atoms with E-state index in [9.17, 15) is 9.59 Å². The molecule has 0 spiro atoms. The Kier molecular flexibility index (Phi) is 18.1. The lowest BCUT2D eigenvalue weighted by Gasteiger charge is -2.42. The second-order valence-electron chi connectivity index (χ2n) is 17.9. The standard InChI is InChI=1S/C52H70N2O9Si/c1-38(2)64(39(3)4,40(5)6)63-31-14-13-27-54-47-32-42(20-25-49(47)61-37-51(54)55)35-60-50-33-53(52(56)62-34-41-16-9-8-10-17-41)28-26-46(50)43-21-23-45(24-22-43)59-30-15-29-58-36-44-18-11-12-19-48(44)57-7/h8-12,16-25,32,38-40,46,50H,13-15,26-31,33-37H2,1-7H3. The monoisotopic (exact) mass is 894 g/mol. The van der Waals surface area contributed by atoms with Gasteiger partial charge < -0.3 is 42.6 Å². The van der Waals surface area contributed by atoms with Gasteiger partial charge >= 0.3 is 6.09 Å². The highest BCUT2D eigenvalue weighted by Gasteiger charge is 2.45. The number of anilines is 1. The van der Waals surface area contributed by atoms with Crippen molar-refractivity contribution in [3.63, 3.8) is 0 Å². The van der Waals surface area contributed by atoms with E-state index in [1.165, 1.54) is 0 Å². The molecule has 2 unspecified atom stereocenters. The first-order valence-electron chi connectivity index (χ1n) is 23.2. The zero-order valence-corrected chi connectivity index (χ0v) is 40.1. The number of carbonyl (C=O) groups excluding carboxylic acids is 2. The van der Waals surface area contributed by atoms with Gasteiger partial charge in [0.25, 0.3) is 5.91 Å². The Morgan fingerprint density at radius 2 is 1.52 bits per heavy atom. The Balaban J connectivity index is 1.07. The average Bonchev–Trinajstić information content (AvgIpc) is 3.30. The Hall–Kier alpha value is -4.88. The summed E-state index contributed by atoms with van der Waals surface area (Å²) < 4.78 is 42.6. The van der Waals surface area contributed by atoms with E-state index in [-0.39, 0.29) is 37.2 Å². The summed E-state index contributed by atoms with van der Waals surface area (Å²) in [4.78, 5) is 30.3. The van der Waals surface area contributed by atoms with Crippen LogP contribution in [0.3, 0.4) is 0 Å². The summed E-state index contributed by atoms with van der Waals surface area (Å²) in [5, 5.41) is 0. The third kappa shape index (κ3) is 12.7. The van der Waals surface area contributed by atoms with Crippen molar-refractivity contribution in [1.82, 2.24) is 4.90 Å². The first-order chi connectivity index (χ1) is 31.0. The predicted molar refractivity (Wildman–Crippen MR) is 254 cm³/mol. The molecule has 1 fully saturated rings. The smallest absolute Gasteiger partial charge is 0.410 e. The minimum absolute atomic E-state index is 0.0202. The minimum Gasteiger partial charge on any atom is -0.496 e. The van der Waals surface area contributed by atoms with Crippen LogP contribution in [0.1, 0.15) is 95.4 Å². The van der Waals surface area contributed by atoms with Crippen LogP contribution in [0.5, 0.6) is 17.2 Å². The van der Waals surface area contributed by atoms with E-state index in [2.05, 4.69) is 53.7 Å². The molecule has 0 aromatic heterocycles. The van der Waals surface area contributed by atoms with Crippen LogP contribution in [0.2, 0.25) is 16.6 Å². The molecule has 4 aromatic rings. The average molecular weight is 895 g/mol. The summed E-state index contributed by atoms with van der Waals surface area (Å²) in [6.07, 6.45) is 2.49. The number of piperidine rings is 1. The van der Waals surface area contributed by atoms with Gasteiger partial charge in [0, 0.05) is 37.6 Å². The Morgan fingerprint density at radius 3 is 2.25 bits per heavy atom. The van der Waals surface area contributed by atoms with Crippen LogP contribution in [0.4, 0.5) is 10.5 Å². The molecule has 2 amide bonds. The predicted octanol–water partition coefficient (Wildman–Crippen LogP) is 11.1. The van der Waals surface area contributed by atoms with Gasteiger partial charge in [0.05, 0.1) is 51.9 Å². The van der Waals surface area contributed by atoms with Crippen LogP contribution in [0.25, 0.3) is 0 Å². The van der Waals surface area contributed by atoms with Gasteiger partial charge in [0.15, 0.2) is 14.9 Å². The molecule has 2 atom stereocenters. The summed E-state index contributed by atoms with van der Waals surface area (Å²) >= 11 is 0. The van der Waals surface area contributed by atoms with E-state index >= 15 is 0 Å². The van der Waals surface area contributed by atoms with E-state index < -0.39 is 8.32 Å². The SMILES string of the molecule is COc1ccccc1COCCCOc1ccc(C2CCN(C(=O)OCc3ccccc3)CC2OCc2ccc3c(c2)N(CCCCO[Si](C(C)C)(C(C)C)C(C)C)C(=O)CO3)cc1. The third-order valence-electron chi connectivity index (χ3n) is 12.7. The van der Waals surface area contributed by atoms with Gasteiger partial charge in [0.1, 0.15) is 23.9 Å². The van der Waals surface area contributed by atoms with Crippen LogP contribution in [-0.2, 0) is 43.3 Å². The molecule has 2 heterocycles. The summed E-state index contributed by atoms with van der Waals surface area (Å²) in [6.45, 7) is 18.2. The maximum Gasteiger partial charge on any atom is 0.410 e. The molecule has 346 valence electrons. The fraction of sp³-hybridized carbons (Fsp3) is 0.500. The fourth-order valence-corrected chi connectivity index (χ4v) is 15.0. The van der Waals surface area contributed by atoms with Gasteiger partial charge in [-0.25, -0.2) is 4.79 Å². The number of rotatable bonds is 23. The van der Waals surface area contributed by atoms with E-state index in [1.54, 1.807) is 12.0 Å². The van der Waals surface area contributed by atoms with Crippen LogP contribution in [0.15, 0.2) is 97.1 Å². The van der Waals surface area contributed by atoms with Gasteiger partial charge in [0.2, 0.25) is 0 Å². The maximum absolute atomic E-state index is 13.4. The van der Waals surface area contributed by atoms with E-state index in [4.69, 9.17) is 32.8 Å². The van der Waals surface area contributed by atoms with E-state index in [0.717, 1.165) is 58.7 Å². The van der Waals surface area contributed by atoms with Crippen molar-refractivity contribution < 1.29 is 42.4 Å². The summed E-state index contributed by atoms with van der Waals surface area (Å²) in [5.74, 6) is 2.27. The number of hydrogen-bond acceptors (Lipinski definition) is 9. The molecule has 12 heteroatoms. The largest absolute Gasteiger partial charge is 0.496 e. The fourth-order valence-electron chi connectivity index (χ4n) is 9.52. The van der Waals surface area contributed by atoms with Crippen LogP contribution < -0.4 is 19.1 Å². The van der Waals surface area contributed by atoms with Crippen molar-refractivity contribution in [3.8, 4) is 17.2 Å². The lowest BCUT2D eigenvalue weighted by Crippen LogP contribution is -2.48. The van der Waals surface area contributed by atoms with E-state index in [0.29, 0.717) is 81.5 Å². The van der Waals surface area contributed by atoms with Gasteiger partial charge in [-0.2, -0.15) is 0 Å². The first-order valence-corrected chi connectivity index (χ1v) is 25.3. The quantitative estimate of drug-likeness (QED) is 0.0531. The Labute approximate surface area is 382 Å². The molecule has 2 aliphatic rings. The zero-order chi connectivity index (χ0) is 45.5. The number of amides is 2. The highest BCUT2D eigenvalue weighted by atomic mass is 28.4. The molecule has 6 rings (SSSR count). The number of para-hydroxylation sites is 1. The van der Waals surface area contributed by atoms with Crippen molar-refractivity contribution in [3.05, 3.63) is 119 Å². The van der Waals surface area contributed by atoms with Crippen molar-refractivity contribution >= 4 is 26.0 Å². The number of hydrogen-bond donors (Lipinski definition) is 0. The molecule has 2 aliphatic heterocycles. The highest BCUT2D eigenvalue weighted by Crippen LogP contribution is 2.42. The molecule has 4 aromatic carbocycles. The first kappa shape index (κ1) is 48.6. The Morgan fingerprint density at radius 1 is 0.781 bits per heavy atom. The summed E-state index contributed by atoms with van der Waals surface area (Å²) in [5.41, 5.74) is 6.34. The molecule has 0 radical (unpaired) electrons. The summed E-state index contributed by atoms with van der Waals surface area (Å²) in [7, 11) is -0.287. The lowest BCUT2D eigenvalue weighted by atomic mass is 9.87. The molecule has 0 bridgehead atoms. The number of fused-ring (bicyclic) bond motifs is 1. The number of carbonyl (C=O) groups is 2. The number of benzene rings is 4. The van der Waals surface area contributed by atoms with Crippen LogP contribution in [-0.4, -0.2) is 84.5 Å². The molecule has 1 saturated heterocycles. The second-order valence-corrected chi connectivity index (χ2v) is 23.3. The molecule has 0 saturated carbocycles. The minimum atomic E-state index is -1.95. The van der Waals surface area contributed by atoms with Gasteiger partial charge in [-0.05, 0) is 82.9 Å². The normalized spacial score (nSPS) is 16.6. The highest BCUT2D eigenvalue weighted by molar-refractivity contribution is 6.77.